The van der Waals surface area contributed by atoms with Crippen LogP contribution in [0.5, 0.6) is 0 Å². The van der Waals surface area contributed by atoms with Gasteiger partial charge >= 0.3 is 0 Å². The Bertz CT molecular complexity index is 492. The number of nitrogens with zero attached hydrogens (tertiary/aromatic N) is 1. The highest BCUT2D eigenvalue weighted by Gasteiger charge is 2.31. The Kier molecular flexibility index (Phi) is 3.88. The molecule has 0 amide bonds. The number of rotatable bonds is 3. The van der Waals surface area contributed by atoms with E-state index in [-0.39, 0.29) is 10.0 Å². The van der Waals surface area contributed by atoms with Gasteiger partial charge in [-0.1, -0.05) is 12.8 Å². The minimum atomic E-state index is -0.729. The van der Waals surface area contributed by atoms with Crippen molar-refractivity contribution in [2.75, 3.05) is 11.9 Å². The van der Waals surface area contributed by atoms with Gasteiger partial charge in [-0.2, -0.15) is 5.26 Å². The van der Waals surface area contributed by atoms with Crippen LogP contribution in [0.15, 0.2) is 16.6 Å². The van der Waals surface area contributed by atoms with Gasteiger partial charge in [0.05, 0.1) is 21.3 Å². The molecule has 3 nitrogen and oxygen atoms in total. The largest absolute Gasteiger partial charge is 0.388 e. The van der Waals surface area contributed by atoms with E-state index in [0.717, 1.165) is 25.7 Å². The lowest BCUT2D eigenvalue weighted by Crippen LogP contribution is -2.33. The van der Waals surface area contributed by atoms with Gasteiger partial charge in [-0.05, 0) is 40.9 Å². The van der Waals surface area contributed by atoms with E-state index < -0.39 is 11.4 Å². The molecule has 5 heteroatoms. The molecule has 1 fully saturated rings. The van der Waals surface area contributed by atoms with E-state index in [9.17, 15) is 9.50 Å². The molecule has 0 heterocycles. The highest BCUT2D eigenvalue weighted by molar-refractivity contribution is 9.10. The maximum absolute atomic E-state index is 13.9. The number of halogens is 2. The van der Waals surface area contributed by atoms with Gasteiger partial charge in [-0.3, -0.25) is 0 Å². The topological polar surface area (TPSA) is 56.0 Å². The summed E-state index contributed by atoms with van der Waals surface area (Å²) in [6, 6.07) is 4.98. The van der Waals surface area contributed by atoms with Crippen LogP contribution in [-0.2, 0) is 0 Å². The third-order valence-electron chi connectivity index (χ3n) is 3.34. The molecule has 1 aromatic carbocycles. The summed E-state index contributed by atoms with van der Waals surface area (Å²) in [5.74, 6) is -0.490. The Balaban J connectivity index is 2.11. The summed E-state index contributed by atoms with van der Waals surface area (Å²) in [6.07, 6.45) is 3.52. The highest BCUT2D eigenvalue weighted by atomic mass is 79.9. The Morgan fingerprint density at radius 2 is 2.11 bits per heavy atom. The maximum atomic E-state index is 13.9. The zero-order chi connectivity index (χ0) is 13.2. The van der Waals surface area contributed by atoms with Crippen molar-refractivity contribution >= 4 is 21.6 Å². The minimum Gasteiger partial charge on any atom is -0.388 e. The van der Waals surface area contributed by atoms with Crippen LogP contribution >= 0.6 is 15.9 Å². The van der Waals surface area contributed by atoms with Crippen LogP contribution in [0.1, 0.15) is 31.2 Å². The fourth-order valence-electron chi connectivity index (χ4n) is 2.24. The quantitative estimate of drug-likeness (QED) is 0.901. The van der Waals surface area contributed by atoms with E-state index >= 15 is 0 Å². The molecule has 0 spiro atoms. The van der Waals surface area contributed by atoms with Crippen LogP contribution in [-0.4, -0.2) is 17.3 Å². The third kappa shape index (κ3) is 2.65. The first-order valence-electron chi connectivity index (χ1n) is 5.90. The van der Waals surface area contributed by atoms with Crippen molar-refractivity contribution in [1.82, 2.24) is 0 Å². The van der Waals surface area contributed by atoms with Crippen molar-refractivity contribution in [3.05, 3.63) is 28.0 Å². The molecular weight excluding hydrogens is 299 g/mol. The summed E-state index contributed by atoms with van der Waals surface area (Å²) >= 11 is 3.06. The van der Waals surface area contributed by atoms with Crippen molar-refractivity contribution in [2.24, 2.45) is 0 Å². The maximum Gasteiger partial charge on any atom is 0.161 e. The van der Waals surface area contributed by atoms with E-state index in [4.69, 9.17) is 5.26 Å². The fourth-order valence-corrected chi connectivity index (χ4v) is 2.68. The lowest BCUT2D eigenvalue weighted by molar-refractivity contribution is 0.0614. The van der Waals surface area contributed by atoms with Gasteiger partial charge in [0.1, 0.15) is 6.07 Å². The molecule has 0 aromatic heterocycles. The zero-order valence-electron chi connectivity index (χ0n) is 9.84. The van der Waals surface area contributed by atoms with Crippen molar-refractivity contribution < 1.29 is 9.50 Å². The minimum absolute atomic E-state index is 0.161. The molecule has 96 valence electrons. The predicted octanol–water partition coefficient (Wildman–Crippen LogP) is 3.18. The number of nitrogens with one attached hydrogen (secondary N) is 1. The Labute approximate surface area is 114 Å². The summed E-state index contributed by atoms with van der Waals surface area (Å²) in [6.45, 7) is 0.336. The zero-order valence-corrected chi connectivity index (χ0v) is 11.4. The highest BCUT2D eigenvalue weighted by Crippen LogP contribution is 2.31. The lowest BCUT2D eigenvalue weighted by atomic mass is 10.0. The van der Waals surface area contributed by atoms with E-state index in [2.05, 4.69) is 21.2 Å². The summed E-state index contributed by atoms with van der Waals surface area (Å²) in [5.41, 5.74) is -0.161. The van der Waals surface area contributed by atoms with E-state index in [1.807, 2.05) is 6.07 Å². The van der Waals surface area contributed by atoms with Gasteiger partial charge in [-0.15, -0.1) is 0 Å². The Morgan fingerprint density at radius 3 is 2.72 bits per heavy atom. The molecule has 0 unspecified atom stereocenters. The van der Waals surface area contributed by atoms with Gasteiger partial charge in [0, 0.05) is 6.54 Å². The molecule has 0 bridgehead atoms. The van der Waals surface area contributed by atoms with Crippen LogP contribution in [0.25, 0.3) is 0 Å². The summed E-state index contributed by atoms with van der Waals surface area (Å²) in [5, 5.41) is 21.9. The van der Waals surface area contributed by atoms with Crippen molar-refractivity contribution in [3.63, 3.8) is 0 Å². The number of nitriles is 1. The second-order valence-electron chi connectivity index (χ2n) is 4.69. The molecule has 0 aliphatic heterocycles. The number of hydrogen-bond acceptors (Lipinski definition) is 3. The predicted molar refractivity (Wildman–Crippen MR) is 70.7 cm³/mol. The average molecular weight is 313 g/mol. The molecule has 1 saturated carbocycles. The molecular formula is C13H14BrFN2O. The van der Waals surface area contributed by atoms with E-state index in [0.29, 0.717) is 12.2 Å². The smallest absolute Gasteiger partial charge is 0.161 e. The number of anilines is 1. The second kappa shape index (κ2) is 5.25. The number of hydrogen-bond donors (Lipinski definition) is 2. The van der Waals surface area contributed by atoms with Gasteiger partial charge < -0.3 is 10.4 Å². The van der Waals surface area contributed by atoms with Gasteiger partial charge in [0.2, 0.25) is 0 Å². The van der Waals surface area contributed by atoms with Crippen molar-refractivity contribution in [2.45, 2.75) is 31.3 Å². The van der Waals surface area contributed by atoms with Crippen LogP contribution in [0, 0.1) is 17.1 Å². The van der Waals surface area contributed by atoms with Gasteiger partial charge in [0.15, 0.2) is 5.82 Å². The SMILES string of the molecule is N#Cc1ccc(NCC2(O)CCCC2)c(F)c1Br. The number of benzene rings is 1. The van der Waals surface area contributed by atoms with Crippen LogP contribution in [0.2, 0.25) is 0 Å². The standard InChI is InChI=1S/C13H14BrFN2O/c14-11-9(7-16)3-4-10(12(11)15)17-8-13(18)5-1-2-6-13/h3-4,17-18H,1-2,5-6,8H2. The van der Waals surface area contributed by atoms with Crippen LogP contribution < -0.4 is 5.32 Å². The molecule has 2 rings (SSSR count). The lowest BCUT2D eigenvalue weighted by Gasteiger charge is -2.23. The van der Waals surface area contributed by atoms with Crippen LogP contribution in [0.4, 0.5) is 10.1 Å². The first-order chi connectivity index (χ1) is 8.56. The molecule has 1 aliphatic rings. The van der Waals surface area contributed by atoms with Crippen molar-refractivity contribution in [3.8, 4) is 6.07 Å². The second-order valence-corrected chi connectivity index (χ2v) is 5.48. The summed E-state index contributed by atoms with van der Waals surface area (Å²) in [4.78, 5) is 0. The Hall–Kier alpha value is -1.12. The van der Waals surface area contributed by atoms with Gasteiger partial charge in [0.25, 0.3) is 0 Å². The van der Waals surface area contributed by atoms with Gasteiger partial charge in [-0.25, -0.2) is 4.39 Å². The van der Waals surface area contributed by atoms with E-state index in [1.54, 1.807) is 6.07 Å². The molecule has 1 aromatic rings. The Morgan fingerprint density at radius 1 is 1.44 bits per heavy atom. The normalized spacial score (nSPS) is 17.4. The monoisotopic (exact) mass is 312 g/mol. The fraction of sp³-hybridized carbons (Fsp3) is 0.462. The molecule has 2 N–H and O–H groups in total. The molecule has 1 aliphatic carbocycles. The summed E-state index contributed by atoms with van der Waals surface area (Å²) < 4.78 is 14.1. The number of aliphatic hydroxyl groups is 1. The first kappa shape index (κ1) is 13.3. The molecule has 18 heavy (non-hydrogen) atoms. The summed E-state index contributed by atoms with van der Waals surface area (Å²) in [7, 11) is 0. The van der Waals surface area contributed by atoms with E-state index in [1.165, 1.54) is 6.07 Å². The molecule has 0 atom stereocenters. The van der Waals surface area contributed by atoms with Crippen LogP contribution in [0.3, 0.4) is 0 Å². The molecule has 0 saturated heterocycles. The first-order valence-corrected chi connectivity index (χ1v) is 6.69. The third-order valence-corrected chi connectivity index (χ3v) is 4.12. The van der Waals surface area contributed by atoms with Crippen molar-refractivity contribution in [1.29, 1.82) is 5.26 Å². The average Bonchev–Trinajstić information content (AvgIpc) is 2.79. The molecule has 0 radical (unpaired) electrons.